The maximum absolute atomic E-state index is 6.17. The van der Waals surface area contributed by atoms with E-state index >= 15 is 0 Å². The van der Waals surface area contributed by atoms with Crippen LogP contribution in [0.5, 0.6) is 0 Å². The molecule has 2 rings (SSSR count). The number of hydrogen-bond donors (Lipinski definition) is 1. The first kappa shape index (κ1) is 12.4. The van der Waals surface area contributed by atoms with E-state index in [9.17, 15) is 0 Å². The SMILES string of the molecule is Cc1nn(Cc2ccc(CN)cc2Cl)cc1Cl. The van der Waals surface area contributed by atoms with Gasteiger partial charge in [0.2, 0.25) is 0 Å². The Morgan fingerprint density at radius 3 is 2.59 bits per heavy atom. The van der Waals surface area contributed by atoms with Crippen molar-refractivity contribution in [2.75, 3.05) is 0 Å². The Bertz CT molecular complexity index is 515. The number of benzene rings is 1. The van der Waals surface area contributed by atoms with E-state index in [0.717, 1.165) is 16.8 Å². The fraction of sp³-hybridized carbons (Fsp3) is 0.250. The van der Waals surface area contributed by atoms with Crippen molar-refractivity contribution in [3.05, 3.63) is 51.3 Å². The second kappa shape index (κ2) is 5.08. The Morgan fingerprint density at radius 1 is 1.29 bits per heavy atom. The number of rotatable bonds is 3. The van der Waals surface area contributed by atoms with E-state index in [1.54, 1.807) is 10.9 Å². The minimum absolute atomic E-state index is 0.493. The molecular weight excluding hydrogens is 257 g/mol. The van der Waals surface area contributed by atoms with Crippen molar-refractivity contribution in [1.82, 2.24) is 9.78 Å². The second-order valence-electron chi connectivity index (χ2n) is 3.89. The molecule has 0 unspecified atom stereocenters. The lowest BCUT2D eigenvalue weighted by Crippen LogP contribution is -2.02. The van der Waals surface area contributed by atoms with Crippen molar-refractivity contribution < 1.29 is 0 Å². The maximum Gasteiger partial charge on any atom is 0.0815 e. The summed E-state index contributed by atoms with van der Waals surface area (Å²) in [7, 11) is 0. The zero-order valence-corrected chi connectivity index (χ0v) is 11.0. The van der Waals surface area contributed by atoms with Crippen LogP contribution < -0.4 is 5.73 Å². The van der Waals surface area contributed by atoms with Crippen LogP contribution in [0.3, 0.4) is 0 Å². The molecule has 1 aromatic carbocycles. The molecule has 0 saturated heterocycles. The Hall–Kier alpha value is -1.03. The highest BCUT2D eigenvalue weighted by Crippen LogP contribution is 2.20. The molecule has 0 radical (unpaired) electrons. The van der Waals surface area contributed by atoms with Crippen LogP contribution in [0.4, 0.5) is 0 Å². The summed E-state index contributed by atoms with van der Waals surface area (Å²) in [5.74, 6) is 0. The Labute approximate surface area is 110 Å². The van der Waals surface area contributed by atoms with Gasteiger partial charge in [-0.15, -0.1) is 0 Å². The Balaban J connectivity index is 2.24. The zero-order valence-electron chi connectivity index (χ0n) is 9.45. The highest BCUT2D eigenvalue weighted by Gasteiger charge is 2.06. The van der Waals surface area contributed by atoms with Crippen LogP contribution in [0.2, 0.25) is 10.0 Å². The molecule has 0 bridgehead atoms. The van der Waals surface area contributed by atoms with Crippen LogP contribution in [-0.4, -0.2) is 9.78 Å². The van der Waals surface area contributed by atoms with Crippen LogP contribution in [0.25, 0.3) is 0 Å². The molecule has 90 valence electrons. The van der Waals surface area contributed by atoms with Gasteiger partial charge in [-0.1, -0.05) is 35.3 Å². The van der Waals surface area contributed by atoms with Crippen LogP contribution in [0.15, 0.2) is 24.4 Å². The van der Waals surface area contributed by atoms with Crippen molar-refractivity contribution in [2.24, 2.45) is 5.73 Å². The molecule has 3 nitrogen and oxygen atoms in total. The zero-order chi connectivity index (χ0) is 12.4. The standard InChI is InChI=1S/C12H13Cl2N3/c1-8-12(14)7-17(16-8)6-10-3-2-9(5-15)4-11(10)13/h2-4,7H,5-6,15H2,1H3. The predicted octanol–water partition coefficient (Wildman–Crippen LogP) is 3.01. The average molecular weight is 270 g/mol. The van der Waals surface area contributed by atoms with Gasteiger partial charge in [0.05, 0.1) is 17.3 Å². The lowest BCUT2D eigenvalue weighted by atomic mass is 10.1. The lowest BCUT2D eigenvalue weighted by molar-refractivity contribution is 0.679. The number of halogens is 2. The minimum atomic E-state index is 0.493. The molecule has 2 aromatic rings. The van der Waals surface area contributed by atoms with Crippen molar-refractivity contribution in [2.45, 2.75) is 20.0 Å². The molecule has 0 aliphatic rings. The van der Waals surface area contributed by atoms with Crippen LogP contribution in [-0.2, 0) is 13.1 Å². The van der Waals surface area contributed by atoms with Gasteiger partial charge in [-0.25, -0.2) is 0 Å². The second-order valence-corrected chi connectivity index (χ2v) is 4.70. The highest BCUT2D eigenvalue weighted by atomic mass is 35.5. The van der Waals surface area contributed by atoms with Crippen molar-refractivity contribution in [3.8, 4) is 0 Å². The Kier molecular flexibility index (Phi) is 3.72. The van der Waals surface area contributed by atoms with E-state index in [1.807, 2.05) is 25.1 Å². The molecule has 0 aliphatic carbocycles. The van der Waals surface area contributed by atoms with Crippen LogP contribution in [0, 0.1) is 6.92 Å². The summed E-state index contributed by atoms with van der Waals surface area (Å²) < 4.78 is 1.78. The predicted molar refractivity (Wildman–Crippen MR) is 70.4 cm³/mol. The van der Waals surface area contributed by atoms with Crippen LogP contribution in [0.1, 0.15) is 16.8 Å². The fourth-order valence-electron chi connectivity index (χ4n) is 1.60. The summed E-state index contributed by atoms with van der Waals surface area (Å²) >= 11 is 12.1. The number of aryl methyl sites for hydroxylation is 1. The summed E-state index contributed by atoms with van der Waals surface area (Å²) in [6, 6.07) is 5.82. The molecule has 0 fully saturated rings. The number of hydrogen-bond acceptors (Lipinski definition) is 2. The minimum Gasteiger partial charge on any atom is -0.326 e. The average Bonchev–Trinajstić information content (AvgIpc) is 2.61. The number of aromatic nitrogens is 2. The van der Waals surface area contributed by atoms with Gasteiger partial charge in [-0.05, 0) is 24.1 Å². The number of nitrogens with zero attached hydrogens (tertiary/aromatic N) is 2. The van der Waals surface area contributed by atoms with Crippen LogP contribution >= 0.6 is 23.2 Å². The quantitative estimate of drug-likeness (QED) is 0.931. The molecule has 0 saturated carbocycles. The van der Waals surface area contributed by atoms with Gasteiger partial charge in [0.1, 0.15) is 0 Å². The van der Waals surface area contributed by atoms with E-state index in [1.165, 1.54) is 0 Å². The molecule has 1 heterocycles. The first-order valence-electron chi connectivity index (χ1n) is 5.27. The molecule has 2 N–H and O–H groups in total. The third-order valence-corrected chi connectivity index (χ3v) is 3.29. The van der Waals surface area contributed by atoms with Gasteiger partial charge < -0.3 is 5.73 Å². The van der Waals surface area contributed by atoms with Gasteiger partial charge in [-0.2, -0.15) is 5.10 Å². The van der Waals surface area contributed by atoms with Gasteiger partial charge in [0, 0.05) is 17.8 Å². The van der Waals surface area contributed by atoms with Crippen molar-refractivity contribution >= 4 is 23.2 Å². The smallest absolute Gasteiger partial charge is 0.0815 e. The van der Waals surface area contributed by atoms with Gasteiger partial charge in [0.25, 0.3) is 0 Å². The lowest BCUT2D eigenvalue weighted by Gasteiger charge is -2.06. The molecule has 0 atom stereocenters. The van der Waals surface area contributed by atoms with E-state index < -0.39 is 0 Å². The monoisotopic (exact) mass is 269 g/mol. The molecular formula is C12H13Cl2N3. The molecule has 17 heavy (non-hydrogen) atoms. The van der Waals surface area contributed by atoms with E-state index in [4.69, 9.17) is 28.9 Å². The Morgan fingerprint density at radius 2 is 2.06 bits per heavy atom. The highest BCUT2D eigenvalue weighted by molar-refractivity contribution is 6.31. The van der Waals surface area contributed by atoms with Crippen molar-refractivity contribution in [1.29, 1.82) is 0 Å². The molecule has 0 amide bonds. The number of nitrogens with two attached hydrogens (primary N) is 1. The van der Waals surface area contributed by atoms with E-state index in [0.29, 0.717) is 23.1 Å². The van der Waals surface area contributed by atoms with E-state index in [2.05, 4.69) is 5.10 Å². The third-order valence-electron chi connectivity index (χ3n) is 2.57. The summed E-state index contributed by atoms with van der Waals surface area (Å²) in [4.78, 5) is 0. The summed E-state index contributed by atoms with van der Waals surface area (Å²) in [6.07, 6.45) is 1.80. The third kappa shape index (κ3) is 2.80. The van der Waals surface area contributed by atoms with Gasteiger partial charge in [-0.3, -0.25) is 4.68 Å². The summed E-state index contributed by atoms with van der Waals surface area (Å²) in [5.41, 5.74) is 8.40. The normalized spacial score (nSPS) is 10.8. The molecule has 0 aliphatic heterocycles. The molecule has 1 aromatic heterocycles. The summed E-state index contributed by atoms with van der Waals surface area (Å²) in [6.45, 7) is 2.97. The van der Waals surface area contributed by atoms with Gasteiger partial charge >= 0.3 is 0 Å². The van der Waals surface area contributed by atoms with Crippen molar-refractivity contribution in [3.63, 3.8) is 0 Å². The topological polar surface area (TPSA) is 43.8 Å². The van der Waals surface area contributed by atoms with Gasteiger partial charge in [0.15, 0.2) is 0 Å². The maximum atomic E-state index is 6.17. The molecule has 0 spiro atoms. The fourth-order valence-corrected chi connectivity index (χ4v) is 2.01. The first-order valence-corrected chi connectivity index (χ1v) is 6.02. The molecule has 5 heteroatoms. The first-order chi connectivity index (χ1) is 8.10. The van der Waals surface area contributed by atoms with E-state index in [-0.39, 0.29) is 0 Å². The summed E-state index contributed by atoms with van der Waals surface area (Å²) in [5, 5.41) is 5.66. The largest absolute Gasteiger partial charge is 0.326 e.